The first kappa shape index (κ1) is 16.9. The van der Waals surface area contributed by atoms with Gasteiger partial charge in [0.2, 0.25) is 11.7 Å². The minimum absolute atomic E-state index is 0.124. The molecule has 1 aliphatic heterocycles. The van der Waals surface area contributed by atoms with Crippen molar-refractivity contribution in [2.45, 2.75) is 25.9 Å². The molecule has 0 spiro atoms. The molecule has 0 unspecified atom stereocenters. The summed E-state index contributed by atoms with van der Waals surface area (Å²) >= 11 is 0. The lowest BCUT2D eigenvalue weighted by Gasteiger charge is -2.27. The number of oxazole rings is 1. The molecule has 0 N–H and O–H groups in total. The van der Waals surface area contributed by atoms with E-state index in [1.54, 1.807) is 6.20 Å². The van der Waals surface area contributed by atoms with Crippen molar-refractivity contribution in [1.29, 1.82) is 0 Å². The standard InChI is InChI=1S/C19H22N4O3/c1-13-3-5-14(6-4-13)15-11-20-17(25-15)7-8-18-21-19(22-26-18)16-12-23(2)9-10-24-16/h3-6,11,16H,7-10,12H2,1-2H3/t16-/m0/s1. The summed E-state index contributed by atoms with van der Waals surface area (Å²) in [6, 6.07) is 8.18. The zero-order valence-electron chi connectivity index (χ0n) is 15.0. The first-order chi connectivity index (χ1) is 12.7. The summed E-state index contributed by atoms with van der Waals surface area (Å²) in [4.78, 5) is 11.0. The van der Waals surface area contributed by atoms with Crippen LogP contribution in [0.25, 0.3) is 11.3 Å². The molecule has 26 heavy (non-hydrogen) atoms. The number of aryl methyl sites for hydroxylation is 3. The Bertz CT molecular complexity index is 856. The summed E-state index contributed by atoms with van der Waals surface area (Å²) < 4.78 is 16.9. The maximum Gasteiger partial charge on any atom is 0.227 e. The van der Waals surface area contributed by atoms with Crippen molar-refractivity contribution in [3.8, 4) is 11.3 Å². The molecular weight excluding hydrogens is 332 g/mol. The lowest BCUT2D eigenvalue weighted by atomic mass is 10.1. The Morgan fingerprint density at radius 1 is 1.15 bits per heavy atom. The Balaban J connectivity index is 1.37. The number of likely N-dealkylation sites (N-methyl/N-ethyl adjacent to an activating group) is 1. The van der Waals surface area contributed by atoms with Gasteiger partial charge in [0.15, 0.2) is 11.7 Å². The molecule has 0 saturated carbocycles. The summed E-state index contributed by atoms with van der Waals surface area (Å²) in [5.41, 5.74) is 2.24. The highest BCUT2D eigenvalue weighted by Gasteiger charge is 2.24. The molecule has 1 atom stereocenters. The van der Waals surface area contributed by atoms with Gasteiger partial charge in [-0.1, -0.05) is 35.0 Å². The predicted octanol–water partition coefficient (Wildman–Crippen LogP) is 2.82. The van der Waals surface area contributed by atoms with Crippen LogP contribution in [0.4, 0.5) is 0 Å². The van der Waals surface area contributed by atoms with E-state index < -0.39 is 0 Å². The van der Waals surface area contributed by atoms with Gasteiger partial charge in [0.05, 0.1) is 12.8 Å². The number of rotatable bonds is 5. The highest BCUT2D eigenvalue weighted by Crippen LogP contribution is 2.22. The van der Waals surface area contributed by atoms with Crippen LogP contribution in [0.5, 0.6) is 0 Å². The molecule has 7 heteroatoms. The third kappa shape index (κ3) is 3.84. The fourth-order valence-corrected chi connectivity index (χ4v) is 2.93. The van der Waals surface area contributed by atoms with Gasteiger partial charge in [-0.25, -0.2) is 4.98 Å². The Kier molecular flexibility index (Phi) is 4.81. The Labute approximate surface area is 152 Å². The van der Waals surface area contributed by atoms with E-state index in [1.165, 1.54) is 5.56 Å². The first-order valence-corrected chi connectivity index (χ1v) is 8.82. The second kappa shape index (κ2) is 7.39. The van der Waals surface area contributed by atoms with E-state index in [2.05, 4.69) is 46.1 Å². The zero-order chi connectivity index (χ0) is 17.9. The molecular formula is C19H22N4O3. The molecule has 3 heterocycles. The van der Waals surface area contributed by atoms with Crippen molar-refractivity contribution in [1.82, 2.24) is 20.0 Å². The number of benzene rings is 1. The van der Waals surface area contributed by atoms with Crippen molar-refractivity contribution < 1.29 is 13.7 Å². The number of hydrogen-bond donors (Lipinski definition) is 0. The van der Waals surface area contributed by atoms with Gasteiger partial charge in [0.25, 0.3) is 0 Å². The van der Waals surface area contributed by atoms with Crippen LogP contribution in [0.3, 0.4) is 0 Å². The number of ether oxygens (including phenoxy) is 1. The predicted molar refractivity (Wildman–Crippen MR) is 94.6 cm³/mol. The van der Waals surface area contributed by atoms with E-state index in [1.807, 2.05) is 12.1 Å². The molecule has 1 fully saturated rings. The third-order valence-corrected chi connectivity index (χ3v) is 4.48. The normalized spacial score (nSPS) is 18.3. The van der Waals surface area contributed by atoms with E-state index in [-0.39, 0.29) is 6.10 Å². The molecule has 1 saturated heterocycles. The van der Waals surface area contributed by atoms with E-state index in [0.717, 1.165) is 24.4 Å². The van der Waals surface area contributed by atoms with E-state index >= 15 is 0 Å². The van der Waals surface area contributed by atoms with Gasteiger partial charge in [0.1, 0.15) is 6.10 Å². The average molecular weight is 354 g/mol. The molecule has 0 radical (unpaired) electrons. The first-order valence-electron chi connectivity index (χ1n) is 8.82. The van der Waals surface area contributed by atoms with Gasteiger partial charge in [-0.2, -0.15) is 4.98 Å². The second-order valence-electron chi connectivity index (χ2n) is 6.65. The summed E-state index contributed by atoms with van der Waals surface area (Å²) in [7, 11) is 2.06. The molecule has 2 aromatic heterocycles. The van der Waals surface area contributed by atoms with E-state index in [9.17, 15) is 0 Å². The number of morpholine rings is 1. The fourth-order valence-electron chi connectivity index (χ4n) is 2.93. The summed E-state index contributed by atoms with van der Waals surface area (Å²) in [5, 5.41) is 4.06. The van der Waals surface area contributed by atoms with Crippen molar-refractivity contribution in [3.63, 3.8) is 0 Å². The molecule has 0 aliphatic carbocycles. The quantitative estimate of drug-likeness (QED) is 0.697. The maximum atomic E-state index is 5.84. The van der Waals surface area contributed by atoms with Crippen LogP contribution in [0.1, 0.15) is 29.3 Å². The number of aromatic nitrogens is 3. The second-order valence-corrected chi connectivity index (χ2v) is 6.65. The van der Waals surface area contributed by atoms with Crippen LogP contribution in [0, 0.1) is 6.92 Å². The van der Waals surface area contributed by atoms with Crippen molar-refractivity contribution in [2.75, 3.05) is 26.7 Å². The molecule has 3 aromatic rings. The monoisotopic (exact) mass is 354 g/mol. The summed E-state index contributed by atoms with van der Waals surface area (Å²) in [5.74, 6) is 2.62. The highest BCUT2D eigenvalue weighted by atomic mass is 16.5. The van der Waals surface area contributed by atoms with Crippen LogP contribution in [0.15, 0.2) is 39.4 Å². The zero-order valence-corrected chi connectivity index (χ0v) is 15.0. The lowest BCUT2D eigenvalue weighted by molar-refractivity contribution is -0.0264. The minimum atomic E-state index is -0.124. The Morgan fingerprint density at radius 3 is 2.77 bits per heavy atom. The van der Waals surface area contributed by atoms with Crippen molar-refractivity contribution >= 4 is 0 Å². The van der Waals surface area contributed by atoms with Crippen molar-refractivity contribution in [3.05, 3.63) is 53.6 Å². The van der Waals surface area contributed by atoms with Gasteiger partial charge in [0, 0.05) is 31.5 Å². The van der Waals surface area contributed by atoms with E-state index in [4.69, 9.17) is 13.7 Å². The van der Waals surface area contributed by atoms with Gasteiger partial charge < -0.3 is 18.6 Å². The molecule has 1 aliphatic rings. The van der Waals surface area contributed by atoms with Gasteiger partial charge in [-0.05, 0) is 14.0 Å². The molecule has 1 aromatic carbocycles. The molecule has 7 nitrogen and oxygen atoms in total. The van der Waals surface area contributed by atoms with Crippen LogP contribution < -0.4 is 0 Å². The van der Waals surface area contributed by atoms with Crippen LogP contribution in [-0.2, 0) is 17.6 Å². The molecule has 136 valence electrons. The van der Waals surface area contributed by atoms with Crippen LogP contribution in [-0.4, -0.2) is 46.8 Å². The molecule has 4 rings (SSSR count). The highest BCUT2D eigenvalue weighted by molar-refractivity contribution is 5.56. The average Bonchev–Trinajstić information content (AvgIpc) is 3.30. The molecule has 0 amide bonds. The fraction of sp³-hybridized carbons (Fsp3) is 0.421. The topological polar surface area (TPSA) is 77.4 Å². The largest absolute Gasteiger partial charge is 0.441 e. The number of hydrogen-bond acceptors (Lipinski definition) is 7. The van der Waals surface area contributed by atoms with Gasteiger partial charge >= 0.3 is 0 Å². The van der Waals surface area contributed by atoms with Crippen LogP contribution >= 0.6 is 0 Å². The SMILES string of the molecule is Cc1ccc(-c2cnc(CCc3nc([C@@H]4CN(C)CCO4)no3)o2)cc1. The van der Waals surface area contributed by atoms with Crippen LogP contribution in [0.2, 0.25) is 0 Å². The Hall–Kier alpha value is -2.51. The minimum Gasteiger partial charge on any atom is -0.441 e. The molecule has 0 bridgehead atoms. The summed E-state index contributed by atoms with van der Waals surface area (Å²) in [6.07, 6.45) is 2.83. The number of nitrogens with zero attached hydrogens (tertiary/aromatic N) is 4. The van der Waals surface area contributed by atoms with E-state index in [0.29, 0.717) is 37.1 Å². The summed E-state index contributed by atoms with van der Waals surface area (Å²) in [6.45, 7) is 4.45. The van der Waals surface area contributed by atoms with Crippen molar-refractivity contribution in [2.24, 2.45) is 0 Å². The van der Waals surface area contributed by atoms with Gasteiger partial charge in [-0.15, -0.1) is 0 Å². The third-order valence-electron chi connectivity index (χ3n) is 4.48. The lowest BCUT2D eigenvalue weighted by Crippen LogP contribution is -2.35. The maximum absolute atomic E-state index is 5.84. The van der Waals surface area contributed by atoms with Gasteiger partial charge in [-0.3, -0.25) is 0 Å². The Morgan fingerprint density at radius 2 is 1.96 bits per heavy atom. The smallest absolute Gasteiger partial charge is 0.227 e.